The quantitative estimate of drug-likeness (QED) is 0.853. The molecular weight excluding hydrogens is 308 g/mol. The van der Waals surface area contributed by atoms with Crippen molar-refractivity contribution in [2.24, 2.45) is 0 Å². The minimum atomic E-state index is -0.245. The maximum Gasteiger partial charge on any atom is 0.222 e. The zero-order valence-corrected chi connectivity index (χ0v) is 13.8. The lowest BCUT2D eigenvalue weighted by Gasteiger charge is -2.33. The summed E-state index contributed by atoms with van der Waals surface area (Å²) in [5.74, 6) is 0.834. The van der Waals surface area contributed by atoms with Gasteiger partial charge in [0, 0.05) is 51.3 Å². The average Bonchev–Trinajstić information content (AvgIpc) is 3.15. The molecule has 1 aliphatic heterocycles. The number of hydrogen-bond acceptors (Lipinski definition) is 6. The van der Waals surface area contributed by atoms with Gasteiger partial charge in [-0.3, -0.25) is 14.5 Å². The molecule has 128 valence electrons. The number of aryl methyl sites for hydroxylation is 1. The van der Waals surface area contributed by atoms with Gasteiger partial charge in [-0.25, -0.2) is 4.98 Å². The van der Waals surface area contributed by atoms with E-state index in [1.165, 1.54) is 0 Å². The van der Waals surface area contributed by atoms with Crippen molar-refractivity contribution in [3.05, 3.63) is 36.5 Å². The molecule has 2 aromatic heterocycles. The first-order chi connectivity index (χ1) is 11.8. The molecule has 0 radical (unpaired) electrons. The fourth-order valence-corrected chi connectivity index (χ4v) is 2.80. The van der Waals surface area contributed by atoms with Gasteiger partial charge in [-0.05, 0) is 12.5 Å². The van der Waals surface area contributed by atoms with E-state index in [9.17, 15) is 4.79 Å². The van der Waals surface area contributed by atoms with E-state index in [1.807, 2.05) is 21.8 Å². The topological polar surface area (TPSA) is 85.2 Å². The monoisotopic (exact) mass is 330 g/mol. The molecule has 1 amide bonds. The van der Waals surface area contributed by atoms with Crippen LogP contribution < -0.4 is 5.32 Å². The van der Waals surface area contributed by atoms with Crippen molar-refractivity contribution in [3.63, 3.8) is 0 Å². The Labute approximate surface area is 140 Å². The Kier molecular flexibility index (Phi) is 5.37. The highest BCUT2D eigenvalue weighted by Gasteiger charge is 2.27. The van der Waals surface area contributed by atoms with E-state index in [1.54, 1.807) is 25.6 Å². The molecule has 1 saturated heterocycles. The molecule has 8 heteroatoms. The summed E-state index contributed by atoms with van der Waals surface area (Å²) in [7, 11) is 1.80. The summed E-state index contributed by atoms with van der Waals surface area (Å²) in [6.45, 7) is 2.39. The smallest absolute Gasteiger partial charge is 0.222 e. The fraction of sp³-hybridized carbons (Fsp3) is 0.500. The number of rotatable bonds is 6. The highest BCUT2D eigenvalue weighted by atomic mass is 16.5. The van der Waals surface area contributed by atoms with E-state index >= 15 is 0 Å². The molecule has 8 nitrogen and oxygen atoms in total. The molecule has 0 unspecified atom stereocenters. The molecular formula is C16H22N6O2. The van der Waals surface area contributed by atoms with Crippen molar-refractivity contribution in [2.75, 3.05) is 32.1 Å². The van der Waals surface area contributed by atoms with Crippen molar-refractivity contribution in [3.8, 4) is 0 Å². The number of amides is 1. The molecule has 0 aliphatic carbocycles. The number of morpholine rings is 1. The number of hydrogen-bond donors (Lipinski definition) is 1. The van der Waals surface area contributed by atoms with Gasteiger partial charge < -0.3 is 15.0 Å². The molecule has 1 N–H and O–H groups in total. The number of carbonyl (C=O) groups is 1. The van der Waals surface area contributed by atoms with Crippen LogP contribution in [0.25, 0.3) is 0 Å². The van der Waals surface area contributed by atoms with Crippen molar-refractivity contribution >= 4 is 11.7 Å². The molecule has 1 atom stereocenters. The Balaban J connectivity index is 1.55. The highest BCUT2D eigenvalue weighted by molar-refractivity contribution is 5.76. The first kappa shape index (κ1) is 16.4. The van der Waals surface area contributed by atoms with Crippen LogP contribution in [0.2, 0.25) is 0 Å². The summed E-state index contributed by atoms with van der Waals surface area (Å²) in [6, 6.07) is 1.88. The molecule has 0 spiro atoms. The second kappa shape index (κ2) is 7.87. The van der Waals surface area contributed by atoms with E-state index in [0.717, 1.165) is 18.7 Å². The summed E-state index contributed by atoms with van der Waals surface area (Å²) in [5.41, 5.74) is 0.744. The number of nitrogens with zero attached hydrogens (tertiary/aromatic N) is 5. The van der Waals surface area contributed by atoms with Crippen LogP contribution >= 0.6 is 0 Å². The second-order valence-electron chi connectivity index (χ2n) is 5.61. The van der Waals surface area contributed by atoms with Gasteiger partial charge in [-0.1, -0.05) is 0 Å². The van der Waals surface area contributed by atoms with Crippen molar-refractivity contribution < 1.29 is 9.53 Å². The van der Waals surface area contributed by atoms with Gasteiger partial charge in [0.2, 0.25) is 5.91 Å². The third-order valence-electron chi connectivity index (χ3n) is 4.02. The summed E-state index contributed by atoms with van der Waals surface area (Å²) < 4.78 is 7.64. The third kappa shape index (κ3) is 3.88. The Morgan fingerprint density at radius 3 is 3.04 bits per heavy atom. The van der Waals surface area contributed by atoms with Gasteiger partial charge >= 0.3 is 0 Å². The standard InChI is InChI=1S/C16H22N6O2/c1-17-16-15(18-6-7-19-16)13-12-21(10-11-24-13)14(23)4-2-8-22-9-3-5-20-22/h3,5-7,9,13H,2,4,8,10-12H2,1H3,(H,17,19)/t13-/m1/s1. The molecule has 3 rings (SSSR count). The summed E-state index contributed by atoms with van der Waals surface area (Å²) >= 11 is 0. The van der Waals surface area contributed by atoms with Gasteiger partial charge in [0.05, 0.1) is 13.2 Å². The molecule has 1 fully saturated rings. The van der Waals surface area contributed by atoms with Crippen LogP contribution in [0.4, 0.5) is 5.82 Å². The zero-order valence-electron chi connectivity index (χ0n) is 13.8. The number of ether oxygens (including phenoxy) is 1. The second-order valence-corrected chi connectivity index (χ2v) is 5.61. The molecule has 2 aromatic rings. The maximum absolute atomic E-state index is 12.4. The number of aromatic nitrogens is 4. The van der Waals surface area contributed by atoms with E-state index < -0.39 is 0 Å². The average molecular weight is 330 g/mol. The van der Waals surface area contributed by atoms with Gasteiger partial charge in [0.25, 0.3) is 0 Å². The summed E-state index contributed by atoms with van der Waals surface area (Å²) in [4.78, 5) is 22.9. The van der Waals surface area contributed by atoms with Gasteiger partial charge in [0.1, 0.15) is 17.6 Å². The van der Waals surface area contributed by atoms with Gasteiger partial charge in [-0.15, -0.1) is 0 Å². The minimum absolute atomic E-state index is 0.144. The first-order valence-electron chi connectivity index (χ1n) is 8.13. The minimum Gasteiger partial charge on any atom is -0.372 e. The predicted octanol–water partition coefficient (Wildman–Crippen LogP) is 1.10. The molecule has 1 aliphatic rings. The Hall–Kier alpha value is -2.48. The molecule has 24 heavy (non-hydrogen) atoms. The number of nitrogens with one attached hydrogen (secondary N) is 1. The lowest BCUT2D eigenvalue weighted by molar-refractivity contribution is -0.139. The first-order valence-corrected chi connectivity index (χ1v) is 8.13. The number of carbonyl (C=O) groups excluding carboxylic acids is 1. The highest BCUT2D eigenvalue weighted by Crippen LogP contribution is 2.25. The normalized spacial score (nSPS) is 17.7. The van der Waals surface area contributed by atoms with Crippen LogP contribution in [0.1, 0.15) is 24.6 Å². The van der Waals surface area contributed by atoms with E-state index in [2.05, 4.69) is 20.4 Å². The fourth-order valence-electron chi connectivity index (χ4n) is 2.80. The summed E-state index contributed by atoms with van der Waals surface area (Å²) in [6.07, 6.45) is 7.96. The third-order valence-corrected chi connectivity index (χ3v) is 4.02. The van der Waals surface area contributed by atoms with Crippen LogP contribution in [-0.2, 0) is 16.1 Å². The lowest BCUT2D eigenvalue weighted by atomic mass is 10.1. The largest absolute Gasteiger partial charge is 0.372 e. The Morgan fingerprint density at radius 1 is 1.38 bits per heavy atom. The Bertz CT molecular complexity index is 660. The molecule has 0 bridgehead atoms. The van der Waals surface area contributed by atoms with Gasteiger partial charge in [-0.2, -0.15) is 5.10 Å². The van der Waals surface area contributed by atoms with Crippen molar-refractivity contribution in [2.45, 2.75) is 25.5 Å². The van der Waals surface area contributed by atoms with Crippen LogP contribution in [0, 0.1) is 0 Å². The van der Waals surface area contributed by atoms with E-state index in [4.69, 9.17) is 4.74 Å². The molecule has 0 aromatic carbocycles. The van der Waals surface area contributed by atoms with E-state index in [0.29, 0.717) is 31.9 Å². The lowest BCUT2D eigenvalue weighted by Crippen LogP contribution is -2.42. The molecule has 3 heterocycles. The summed E-state index contributed by atoms with van der Waals surface area (Å²) in [5, 5.41) is 7.17. The van der Waals surface area contributed by atoms with Crippen LogP contribution in [0.15, 0.2) is 30.9 Å². The van der Waals surface area contributed by atoms with Crippen LogP contribution in [0.5, 0.6) is 0 Å². The van der Waals surface area contributed by atoms with Crippen LogP contribution in [0.3, 0.4) is 0 Å². The number of anilines is 1. The van der Waals surface area contributed by atoms with Crippen molar-refractivity contribution in [1.29, 1.82) is 0 Å². The van der Waals surface area contributed by atoms with Crippen molar-refractivity contribution in [1.82, 2.24) is 24.6 Å². The predicted molar refractivity (Wildman–Crippen MR) is 88.3 cm³/mol. The Morgan fingerprint density at radius 2 is 2.25 bits per heavy atom. The van der Waals surface area contributed by atoms with Crippen LogP contribution in [-0.4, -0.2) is 57.3 Å². The van der Waals surface area contributed by atoms with Gasteiger partial charge in [0.15, 0.2) is 0 Å². The van der Waals surface area contributed by atoms with E-state index in [-0.39, 0.29) is 12.0 Å². The SMILES string of the molecule is CNc1nccnc1[C@H]1CN(C(=O)CCCn2cccn2)CCO1. The zero-order chi connectivity index (χ0) is 16.8. The maximum atomic E-state index is 12.4. The molecule has 0 saturated carbocycles.